The van der Waals surface area contributed by atoms with Crippen LogP contribution in [0.25, 0.3) is 0 Å². The lowest BCUT2D eigenvalue weighted by atomic mass is 9.91. The smallest absolute Gasteiger partial charge is 0.379 e. The summed E-state index contributed by atoms with van der Waals surface area (Å²) in [4.78, 5) is 13.1. The number of carbonyl (C=O) groups excluding carboxylic acids is 1. The number of carbonyl (C=O) groups is 1. The van der Waals surface area contributed by atoms with Crippen LogP contribution in [0, 0.1) is 0 Å². The van der Waals surface area contributed by atoms with E-state index in [-0.39, 0.29) is 31.3 Å². The van der Waals surface area contributed by atoms with E-state index in [0.29, 0.717) is 13.0 Å². The third kappa shape index (κ3) is 2.47. The van der Waals surface area contributed by atoms with Gasteiger partial charge in [0.1, 0.15) is 0 Å². The maximum atomic E-state index is 12.7. The average molecular weight is 266 g/mol. The molecule has 0 aliphatic carbocycles. The Bertz CT molecular complexity index is 329. The third-order valence-electron chi connectivity index (χ3n) is 3.67. The van der Waals surface area contributed by atoms with E-state index in [1.165, 1.54) is 0 Å². The van der Waals surface area contributed by atoms with Crippen molar-refractivity contribution in [3.8, 4) is 0 Å². The van der Waals surface area contributed by atoms with Gasteiger partial charge in [-0.25, -0.2) is 0 Å². The first kappa shape index (κ1) is 13.6. The van der Waals surface area contributed by atoms with E-state index in [0.717, 1.165) is 11.3 Å². The minimum absolute atomic E-state index is 0.175. The molecule has 0 spiro atoms. The predicted octanol–water partition coefficient (Wildman–Crippen LogP) is 0.654. The summed E-state index contributed by atoms with van der Waals surface area (Å²) in [5.74, 6) is -0.324. The molecule has 2 aliphatic rings. The zero-order chi connectivity index (χ0) is 13.4. The Labute approximate surface area is 103 Å². The van der Waals surface area contributed by atoms with Crippen molar-refractivity contribution in [2.75, 3.05) is 19.6 Å². The molecule has 4 nitrogen and oxygen atoms in total. The number of hydrogen-bond acceptors (Lipinski definition) is 3. The van der Waals surface area contributed by atoms with Gasteiger partial charge in [0.2, 0.25) is 5.91 Å². The molecule has 1 amide bonds. The topological polar surface area (TPSA) is 52.6 Å². The predicted molar refractivity (Wildman–Crippen MR) is 57.8 cm³/mol. The molecule has 7 heteroatoms. The van der Waals surface area contributed by atoms with Gasteiger partial charge in [-0.15, -0.1) is 0 Å². The maximum Gasteiger partial charge on any atom is 0.418 e. The lowest BCUT2D eigenvalue weighted by Crippen LogP contribution is -2.60. The fraction of sp³-hybridized carbons (Fsp3) is 0.909. The van der Waals surface area contributed by atoms with Gasteiger partial charge in [-0.1, -0.05) is 0 Å². The number of halogens is 3. The summed E-state index contributed by atoms with van der Waals surface area (Å²) in [7, 11) is 0. The molecule has 2 saturated heterocycles. The molecule has 2 fully saturated rings. The summed E-state index contributed by atoms with van der Waals surface area (Å²) in [6.45, 7) is 0.358. The normalized spacial score (nSPS) is 33.8. The average Bonchev–Trinajstić information content (AvgIpc) is 2.80. The van der Waals surface area contributed by atoms with Crippen molar-refractivity contribution in [3.63, 3.8) is 0 Å². The molecule has 0 aromatic heterocycles. The number of hydrogen-bond donors (Lipinski definition) is 2. The van der Waals surface area contributed by atoms with E-state index in [1.54, 1.807) is 0 Å². The molecule has 0 aromatic rings. The maximum absolute atomic E-state index is 12.7. The highest BCUT2D eigenvalue weighted by Gasteiger charge is 2.56. The highest BCUT2D eigenvalue weighted by molar-refractivity contribution is 5.82. The van der Waals surface area contributed by atoms with E-state index in [9.17, 15) is 23.1 Å². The van der Waals surface area contributed by atoms with Gasteiger partial charge in [0.05, 0.1) is 12.6 Å². The van der Waals surface area contributed by atoms with Gasteiger partial charge >= 0.3 is 6.18 Å². The molecular weight excluding hydrogens is 249 g/mol. The summed E-state index contributed by atoms with van der Waals surface area (Å²) in [6.07, 6.45) is -3.34. The van der Waals surface area contributed by atoms with Crippen LogP contribution in [-0.2, 0) is 4.79 Å². The van der Waals surface area contributed by atoms with Crippen molar-refractivity contribution in [1.82, 2.24) is 10.2 Å². The summed E-state index contributed by atoms with van der Waals surface area (Å²) >= 11 is 0. The molecule has 0 bridgehead atoms. The van der Waals surface area contributed by atoms with Gasteiger partial charge in [0, 0.05) is 6.54 Å². The van der Waals surface area contributed by atoms with E-state index in [1.807, 2.05) is 0 Å². The van der Waals surface area contributed by atoms with Crippen LogP contribution in [0.15, 0.2) is 0 Å². The number of β-amino-alcohol motifs (C(OH)–C–C–N with tert-alkyl or cyclic N) is 1. The lowest BCUT2D eigenvalue weighted by Gasteiger charge is -2.40. The molecule has 0 saturated carbocycles. The fourth-order valence-corrected chi connectivity index (χ4v) is 2.57. The van der Waals surface area contributed by atoms with Gasteiger partial charge in [-0.3, -0.25) is 4.79 Å². The van der Waals surface area contributed by atoms with Crippen LogP contribution in [0.3, 0.4) is 0 Å². The van der Waals surface area contributed by atoms with Crippen molar-refractivity contribution >= 4 is 5.91 Å². The highest BCUT2D eigenvalue weighted by atomic mass is 19.4. The monoisotopic (exact) mass is 266 g/mol. The van der Waals surface area contributed by atoms with Crippen molar-refractivity contribution < 1.29 is 23.1 Å². The van der Waals surface area contributed by atoms with Crippen molar-refractivity contribution in [2.24, 2.45) is 0 Å². The molecule has 18 heavy (non-hydrogen) atoms. The van der Waals surface area contributed by atoms with Crippen molar-refractivity contribution in [1.29, 1.82) is 0 Å². The Kier molecular flexibility index (Phi) is 3.55. The Morgan fingerprint density at radius 2 is 2.11 bits per heavy atom. The van der Waals surface area contributed by atoms with Gasteiger partial charge in [-0.2, -0.15) is 13.2 Å². The van der Waals surface area contributed by atoms with Crippen molar-refractivity contribution in [2.45, 2.75) is 43.5 Å². The van der Waals surface area contributed by atoms with E-state index in [4.69, 9.17) is 0 Å². The zero-order valence-corrected chi connectivity index (χ0v) is 9.96. The summed E-state index contributed by atoms with van der Waals surface area (Å²) in [5.41, 5.74) is -2.75. The number of alkyl halides is 3. The van der Waals surface area contributed by atoms with Gasteiger partial charge in [0.15, 0.2) is 5.60 Å². The standard InChI is InChI=1S/C11H17F3N2O2/c12-11(13,14)10(18)4-2-6-16(7-10)9(17)8-3-1-5-15-8/h8,15,18H,1-7H2. The molecule has 2 N–H and O–H groups in total. The molecule has 2 rings (SSSR count). The van der Waals surface area contributed by atoms with Gasteiger partial charge < -0.3 is 15.3 Å². The quantitative estimate of drug-likeness (QED) is 0.733. The molecule has 2 heterocycles. The number of nitrogens with one attached hydrogen (secondary N) is 1. The molecular formula is C11H17F3N2O2. The highest BCUT2D eigenvalue weighted by Crippen LogP contribution is 2.37. The number of aliphatic hydroxyl groups is 1. The van der Waals surface area contributed by atoms with Crippen LogP contribution < -0.4 is 5.32 Å². The van der Waals surface area contributed by atoms with Gasteiger partial charge in [-0.05, 0) is 32.2 Å². The summed E-state index contributed by atoms with van der Waals surface area (Å²) in [6, 6.07) is -0.388. The molecule has 2 aliphatic heterocycles. The molecule has 2 atom stereocenters. The summed E-state index contributed by atoms with van der Waals surface area (Å²) in [5, 5.41) is 12.6. The van der Waals surface area contributed by atoms with Crippen LogP contribution in [0.5, 0.6) is 0 Å². The van der Waals surface area contributed by atoms with E-state index < -0.39 is 18.3 Å². The molecule has 2 unspecified atom stereocenters. The van der Waals surface area contributed by atoms with Crippen LogP contribution in [0.2, 0.25) is 0 Å². The van der Waals surface area contributed by atoms with Crippen LogP contribution in [0.1, 0.15) is 25.7 Å². The fourth-order valence-electron chi connectivity index (χ4n) is 2.57. The number of piperidine rings is 1. The Morgan fingerprint density at radius 1 is 1.39 bits per heavy atom. The minimum Gasteiger partial charge on any atom is -0.379 e. The first-order chi connectivity index (χ1) is 8.33. The van der Waals surface area contributed by atoms with Crippen LogP contribution >= 0.6 is 0 Å². The van der Waals surface area contributed by atoms with E-state index in [2.05, 4.69) is 5.32 Å². The molecule has 0 radical (unpaired) electrons. The Balaban J connectivity index is 2.04. The minimum atomic E-state index is -4.69. The summed E-state index contributed by atoms with van der Waals surface area (Å²) < 4.78 is 38.2. The number of rotatable bonds is 1. The second-order valence-electron chi connectivity index (χ2n) is 5.04. The van der Waals surface area contributed by atoms with E-state index >= 15 is 0 Å². The molecule has 0 aromatic carbocycles. The first-order valence-electron chi connectivity index (χ1n) is 6.15. The van der Waals surface area contributed by atoms with Crippen LogP contribution in [-0.4, -0.2) is 53.4 Å². The lowest BCUT2D eigenvalue weighted by molar-refractivity contribution is -0.272. The number of amides is 1. The zero-order valence-electron chi connectivity index (χ0n) is 9.96. The molecule has 104 valence electrons. The Morgan fingerprint density at radius 3 is 2.67 bits per heavy atom. The largest absolute Gasteiger partial charge is 0.418 e. The number of likely N-dealkylation sites (tertiary alicyclic amines) is 1. The Hall–Kier alpha value is -0.820. The SMILES string of the molecule is O=C(C1CCCN1)N1CCCC(O)(C(F)(F)F)C1. The number of nitrogens with zero attached hydrogens (tertiary/aromatic N) is 1. The van der Waals surface area contributed by atoms with Gasteiger partial charge in [0.25, 0.3) is 0 Å². The van der Waals surface area contributed by atoms with Crippen molar-refractivity contribution in [3.05, 3.63) is 0 Å². The second-order valence-corrected chi connectivity index (χ2v) is 5.04. The second kappa shape index (κ2) is 4.70. The first-order valence-corrected chi connectivity index (χ1v) is 6.15. The van der Waals surface area contributed by atoms with Crippen LogP contribution in [0.4, 0.5) is 13.2 Å². The third-order valence-corrected chi connectivity index (χ3v) is 3.67.